The van der Waals surface area contributed by atoms with Crippen molar-refractivity contribution in [2.45, 2.75) is 31.6 Å². The van der Waals surface area contributed by atoms with Crippen molar-refractivity contribution in [3.63, 3.8) is 0 Å². The highest BCUT2D eigenvalue weighted by Crippen LogP contribution is 2.27. The second kappa shape index (κ2) is 10.1. The van der Waals surface area contributed by atoms with Gasteiger partial charge in [0.05, 0.1) is 21.7 Å². The van der Waals surface area contributed by atoms with Gasteiger partial charge in [-0.1, -0.05) is 61.5 Å². The summed E-state index contributed by atoms with van der Waals surface area (Å²) >= 11 is 0. The van der Waals surface area contributed by atoms with E-state index in [0.29, 0.717) is 34.1 Å². The maximum atomic E-state index is 13.4. The van der Waals surface area contributed by atoms with E-state index < -0.39 is 10.0 Å². The van der Waals surface area contributed by atoms with Gasteiger partial charge >= 0.3 is 0 Å². The van der Waals surface area contributed by atoms with E-state index in [9.17, 15) is 13.2 Å². The standard InChI is InChI=1S/C29H26N4O4S/c1-18(2)20-8-10-21(11-9-20)27-17-25(24-6-4-5-7-26(24)31-27)29(34)30-22-12-14-23(15-13-22)38(35,36)33-28-16-19(3)37-32-28/h4-18H,1-3H3,(H,30,34)(H,32,33). The average Bonchev–Trinajstić information content (AvgIpc) is 3.31. The van der Waals surface area contributed by atoms with Crippen LogP contribution >= 0.6 is 0 Å². The van der Waals surface area contributed by atoms with Crippen molar-refractivity contribution in [1.29, 1.82) is 0 Å². The number of pyridine rings is 1. The van der Waals surface area contributed by atoms with Crippen LogP contribution in [0, 0.1) is 6.92 Å². The first-order valence-corrected chi connectivity index (χ1v) is 13.6. The van der Waals surface area contributed by atoms with Crippen molar-refractivity contribution in [3.8, 4) is 11.3 Å². The lowest BCUT2D eigenvalue weighted by Gasteiger charge is -2.12. The smallest absolute Gasteiger partial charge is 0.263 e. The number of anilines is 2. The number of hydrogen-bond donors (Lipinski definition) is 2. The third-order valence-corrected chi connectivity index (χ3v) is 7.49. The first-order chi connectivity index (χ1) is 18.2. The number of carbonyl (C=O) groups is 1. The molecule has 1 amide bonds. The molecule has 3 aromatic carbocycles. The van der Waals surface area contributed by atoms with Crippen molar-refractivity contribution in [3.05, 3.63) is 102 Å². The van der Waals surface area contributed by atoms with Crippen LogP contribution in [0.3, 0.4) is 0 Å². The zero-order valence-corrected chi connectivity index (χ0v) is 21.9. The highest BCUT2D eigenvalue weighted by molar-refractivity contribution is 7.92. The van der Waals surface area contributed by atoms with Gasteiger partial charge in [-0.15, -0.1) is 0 Å². The first-order valence-electron chi connectivity index (χ1n) is 12.1. The third kappa shape index (κ3) is 5.28. The Morgan fingerprint density at radius 2 is 1.63 bits per heavy atom. The summed E-state index contributed by atoms with van der Waals surface area (Å²) in [7, 11) is -3.86. The number of aromatic nitrogens is 2. The molecule has 8 nitrogen and oxygen atoms in total. The lowest BCUT2D eigenvalue weighted by molar-refractivity contribution is 0.102. The molecule has 0 fully saturated rings. The molecule has 2 N–H and O–H groups in total. The van der Waals surface area contributed by atoms with Crippen LogP contribution < -0.4 is 10.0 Å². The molecular formula is C29H26N4O4S. The minimum absolute atomic E-state index is 0.0256. The molecule has 0 aliphatic heterocycles. The van der Waals surface area contributed by atoms with Crippen molar-refractivity contribution in [2.24, 2.45) is 0 Å². The highest BCUT2D eigenvalue weighted by atomic mass is 32.2. The lowest BCUT2D eigenvalue weighted by Crippen LogP contribution is -2.15. The molecule has 9 heteroatoms. The monoisotopic (exact) mass is 526 g/mol. The number of carbonyl (C=O) groups excluding carboxylic acids is 1. The van der Waals surface area contributed by atoms with Gasteiger partial charge < -0.3 is 9.84 Å². The van der Waals surface area contributed by atoms with E-state index in [1.54, 1.807) is 13.0 Å². The topological polar surface area (TPSA) is 114 Å². The van der Waals surface area contributed by atoms with Crippen molar-refractivity contribution in [2.75, 3.05) is 10.0 Å². The van der Waals surface area contributed by atoms with Crippen LogP contribution in [0.1, 0.15) is 41.4 Å². The molecule has 0 radical (unpaired) electrons. The Hall–Kier alpha value is -4.50. The lowest BCUT2D eigenvalue weighted by atomic mass is 9.99. The summed E-state index contributed by atoms with van der Waals surface area (Å²) in [5, 5.41) is 7.25. The summed E-state index contributed by atoms with van der Waals surface area (Å²) in [5.74, 6) is 0.674. The molecule has 192 valence electrons. The van der Waals surface area contributed by atoms with Crippen LogP contribution in [0.2, 0.25) is 0 Å². The van der Waals surface area contributed by atoms with Crippen molar-refractivity contribution >= 4 is 38.3 Å². The number of hydrogen-bond acceptors (Lipinski definition) is 6. The fraction of sp³-hybridized carbons (Fsp3) is 0.138. The Balaban J connectivity index is 1.41. The second-order valence-electron chi connectivity index (χ2n) is 9.26. The molecule has 0 spiro atoms. The van der Waals surface area contributed by atoms with Gasteiger partial charge in [0, 0.05) is 22.7 Å². The fourth-order valence-corrected chi connectivity index (χ4v) is 5.06. The van der Waals surface area contributed by atoms with Crippen LogP contribution in [-0.4, -0.2) is 24.5 Å². The number of para-hydroxylation sites is 1. The van der Waals surface area contributed by atoms with Crippen LogP contribution in [0.15, 0.2) is 94.3 Å². The Morgan fingerprint density at radius 1 is 0.921 bits per heavy atom. The molecule has 0 unspecified atom stereocenters. The van der Waals surface area contributed by atoms with Crippen LogP contribution in [0.25, 0.3) is 22.2 Å². The van der Waals surface area contributed by atoms with E-state index in [-0.39, 0.29) is 16.6 Å². The van der Waals surface area contributed by atoms with Crippen LogP contribution in [0.4, 0.5) is 11.5 Å². The quantitative estimate of drug-likeness (QED) is 0.255. The Morgan fingerprint density at radius 3 is 2.29 bits per heavy atom. The van der Waals surface area contributed by atoms with Gasteiger partial charge in [0.25, 0.3) is 15.9 Å². The number of nitrogens with zero attached hydrogens (tertiary/aromatic N) is 2. The van der Waals surface area contributed by atoms with E-state index >= 15 is 0 Å². The zero-order valence-electron chi connectivity index (χ0n) is 21.1. The number of fused-ring (bicyclic) bond motifs is 1. The maximum Gasteiger partial charge on any atom is 0.263 e. The molecular weight excluding hydrogens is 500 g/mol. The second-order valence-corrected chi connectivity index (χ2v) is 10.9. The zero-order chi connectivity index (χ0) is 26.9. The van der Waals surface area contributed by atoms with Gasteiger partial charge in [0.1, 0.15) is 5.76 Å². The van der Waals surface area contributed by atoms with E-state index in [4.69, 9.17) is 9.51 Å². The minimum atomic E-state index is -3.86. The predicted molar refractivity (Wildman–Crippen MR) is 148 cm³/mol. The first kappa shape index (κ1) is 25.2. The number of amides is 1. The summed E-state index contributed by atoms with van der Waals surface area (Å²) < 4.78 is 32.6. The normalized spacial score (nSPS) is 11.6. The summed E-state index contributed by atoms with van der Waals surface area (Å²) in [5.41, 5.74) is 4.47. The Labute approximate surface area is 220 Å². The van der Waals surface area contributed by atoms with E-state index in [1.165, 1.54) is 35.9 Å². The minimum Gasteiger partial charge on any atom is -0.360 e. The molecule has 0 aliphatic rings. The summed E-state index contributed by atoms with van der Waals surface area (Å²) in [4.78, 5) is 18.2. The van der Waals surface area contributed by atoms with Gasteiger partial charge in [-0.2, -0.15) is 0 Å². The van der Waals surface area contributed by atoms with Crippen molar-refractivity contribution < 1.29 is 17.7 Å². The molecule has 0 saturated heterocycles. The van der Waals surface area contributed by atoms with Gasteiger partial charge in [0.2, 0.25) is 0 Å². The Bertz CT molecular complexity index is 1730. The van der Waals surface area contributed by atoms with Gasteiger partial charge in [0.15, 0.2) is 5.82 Å². The molecule has 5 rings (SSSR count). The molecule has 2 heterocycles. The third-order valence-electron chi connectivity index (χ3n) is 6.12. The molecule has 5 aromatic rings. The van der Waals surface area contributed by atoms with Gasteiger partial charge in [-0.3, -0.25) is 9.52 Å². The molecule has 0 bridgehead atoms. The van der Waals surface area contributed by atoms with Gasteiger partial charge in [-0.05, 0) is 54.8 Å². The fourth-order valence-electron chi connectivity index (χ4n) is 4.08. The van der Waals surface area contributed by atoms with E-state index in [0.717, 1.165) is 10.9 Å². The largest absolute Gasteiger partial charge is 0.360 e. The number of rotatable bonds is 7. The number of aryl methyl sites for hydroxylation is 1. The van der Waals surface area contributed by atoms with Crippen molar-refractivity contribution in [1.82, 2.24) is 10.1 Å². The summed E-state index contributed by atoms with van der Waals surface area (Å²) in [6.07, 6.45) is 0. The maximum absolute atomic E-state index is 13.4. The van der Waals surface area contributed by atoms with Gasteiger partial charge in [-0.25, -0.2) is 13.4 Å². The molecule has 2 aromatic heterocycles. The average molecular weight is 527 g/mol. The SMILES string of the molecule is Cc1cc(NS(=O)(=O)c2ccc(NC(=O)c3cc(-c4ccc(C(C)C)cc4)nc4ccccc34)cc2)no1. The highest BCUT2D eigenvalue weighted by Gasteiger charge is 2.18. The number of benzene rings is 3. The summed E-state index contributed by atoms with van der Waals surface area (Å²) in [6, 6.07) is 24.8. The molecule has 0 aliphatic carbocycles. The molecule has 0 atom stereocenters. The van der Waals surface area contributed by atoms with Crippen LogP contribution in [0.5, 0.6) is 0 Å². The van der Waals surface area contributed by atoms with E-state index in [1.807, 2.05) is 36.4 Å². The Kier molecular flexibility index (Phi) is 6.69. The number of sulfonamides is 1. The molecule has 0 saturated carbocycles. The molecule has 38 heavy (non-hydrogen) atoms. The van der Waals surface area contributed by atoms with Crippen LogP contribution in [-0.2, 0) is 10.0 Å². The summed E-state index contributed by atoms with van der Waals surface area (Å²) in [6.45, 7) is 5.95. The number of nitrogens with one attached hydrogen (secondary N) is 2. The van der Waals surface area contributed by atoms with E-state index in [2.05, 4.69) is 41.2 Å². The predicted octanol–water partition coefficient (Wildman–Crippen LogP) is 6.37.